The van der Waals surface area contributed by atoms with Gasteiger partial charge in [0.05, 0.1) is 6.21 Å². The summed E-state index contributed by atoms with van der Waals surface area (Å²) in [5.74, 6) is -1.03. The number of carbonyl (C=O) groups excluding carboxylic acids is 1. The second kappa shape index (κ2) is 6.70. The third-order valence-corrected chi connectivity index (χ3v) is 2.74. The number of aromatic nitrogens is 3. The highest BCUT2D eigenvalue weighted by atomic mass is 79.9. The molecule has 0 radical (unpaired) electrons. The molecule has 0 aliphatic carbocycles. The third kappa shape index (κ3) is 4.45. The lowest BCUT2D eigenvalue weighted by molar-refractivity contribution is -0.394. The topological polar surface area (TPSA) is 115 Å². The van der Waals surface area contributed by atoms with Crippen molar-refractivity contribution in [2.24, 2.45) is 5.10 Å². The Hall–Kier alpha value is -2.62. The molecule has 0 saturated carbocycles. The maximum Gasteiger partial charge on any atom is 0.490 e. The van der Waals surface area contributed by atoms with Crippen LogP contribution in [0.4, 0.5) is 5.95 Å². The van der Waals surface area contributed by atoms with Crippen LogP contribution in [0.1, 0.15) is 5.56 Å². The number of nitrogens with one attached hydrogen (secondary N) is 1. The molecule has 0 aliphatic heterocycles. The van der Waals surface area contributed by atoms with E-state index in [9.17, 15) is 14.9 Å². The minimum Gasteiger partial charge on any atom is -0.390 e. The second-order valence-electron chi connectivity index (χ2n) is 3.85. The maximum absolute atomic E-state index is 11.6. The van der Waals surface area contributed by atoms with Gasteiger partial charge >= 0.3 is 5.95 Å². The molecule has 0 atom stereocenters. The second-order valence-corrected chi connectivity index (χ2v) is 4.76. The Morgan fingerprint density at radius 1 is 1.57 bits per heavy atom. The molecule has 1 aromatic carbocycles. The lowest BCUT2D eigenvalue weighted by atomic mass is 10.2. The number of hydrazone groups is 1. The summed E-state index contributed by atoms with van der Waals surface area (Å²) in [4.78, 5) is 24.7. The first-order valence-electron chi connectivity index (χ1n) is 5.66. The number of hydrogen-bond donors (Lipinski definition) is 1. The number of nitrogens with zero attached hydrogens (tertiary/aromatic N) is 5. The first-order valence-corrected chi connectivity index (χ1v) is 6.45. The van der Waals surface area contributed by atoms with Crippen molar-refractivity contribution in [2.75, 3.05) is 0 Å². The van der Waals surface area contributed by atoms with Gasteiger partial charge in [-0.25, -0.2) is 5.43 Å². The van der Waals surface area contributed by atoms with Crippen molar-refractivity contribution in [3.05, 3.63) is 50.7 Å². The van der Waals surface area contributed by atoms with E-state index in [0.717, 1.165) is 21.0 Å². The number of benzene rings is 1. The SMILES string of the molecule is O=C(Cn1cnc([N+](=O)[O-])n1)N/N=C/c1cccc(Br)c1. The molecule has 2 aromatic rings. The first kappa shape index (κ1) is 14.8. The van der Waals surface area contributed by atoms with Crippen molar-refractivity contribution in [1.29, 1.82) is 0 Å². The minimum atomic E-state index is -0.736. The summed E-state index contributed by atoms with van der Waals surface area (Å²) in [7, 11) is 0. The number of rotatable bonds is 5. The van der Waals surface area contributed by atoms with E-state index in [-0.39, 0.29) is 6.54 Å². The van der Waals surface area contributed by atoms with E-state index in [1.165, 1.54) is 6.21 Å². The Bertz CT molecular complexity index is 699. The van der Waals surface area contributed by atoms with Gasteiger partial charge in [0.25, 0.3) is 5.91 Å². The van der Waals surface area contributed by atoms with Crippen LogP contribution < -0.4 is 5.43 Å². The van der Waals surface area contributed by atoms with Crippen molar-refractivity contribution >= 4 is 34.0 Å². The van der Waals surface area contributed by atoms with Gasteiger partial charge in [0.1, 0.15) is 6.54 Å². The Kier molecular flexibility index (Phi) is 4.72. The summed E-state index contributed by atoms with van der Waals surface area (Å²) < 4.78 is 1.95. The molecule has 108 valence electrons. The number of amides is 1. The van der Waals surface area contributed by atoms with Crippen LogP contribution in [0.5, 0.6) is 0 Å². The highest BCUT2D eigenvalue weighted by Crippen LogP contribution is 2.09. The molecule has 2 rings (SSSR count). The van der Waals surface area contributed by atoms with Gasteiger partial charge in [0.2, 0.25) is 6.33 Å². The molecule has 1 amide bonds. The van der Waals surface area contributed by atoms with Crippen molar-refractivity contribution in [2.45, 2.75) is 6.54 Å². The van der Waals surface area contributed by atoms with Crippen molar-refractivity contribution in [3.8, 4) is 0 Å². The third-order valence-electron chi connectivity index (χ3n) is 2.24. The number of hydrogen-bond acceptors (Lipinski definition) is 6. The highest BCUT2D eigenvalue weighted by Gasteiger charge is 2.14. The molecular weight excluding hydrogens is 344 g/mol. The Morgan fingerprint density at radius 3 is 3.05 bits per heavy atom. The van der Waals surface area contributed by atoms with Gasteiger partial charge in [-0.1, -0.05) is 33.0 Å². The smallest absolute Gasteiger partial charge is 0.390 e. The van der Waals surface area contributed by atoms with Crippen LogP contribution in [0.2, 0.25) is 0 Å². The quantitative estimate of drug-likeness (QED) is 0.491. The summed E-state index contributed by atoms with van der Waals surface area (Å²) in [5, 5.41) is 17.7. The van der Waals surface area contributed by atoms with Gasteiger partial charge in [-0.3, -0.25) is 4.79 Å². The number of carbonyl (C=O) groups is 1. The van der Waals surface area contributed by atoms with E-state index >= 15 is 0 Å². The molecule has 1 aromatic heterocycles. The molecule has 0 spiro atoms. The van der Waals surface area contributed by atoms with Gasteiger partial charge < -0.3 is 10.1 Å². The number of nitro groups is 1. The molecule has 10 heteroatoms. The van der Waals surface area contributed by atoms with Gasteiger partial charge in [0.15, 0.2) is 0 Å². The van der Waals surface area contributed by atoms with Crippen molar-refractivity contribution < 1.29 is 9.72 Å². The average Bonchev–Trinajstić information content (AvgIpc) is 2.87. The molecular formula is C11H9BrN6O3. The molecule has 0 bridgehead atoms. The van der Waals surface area contributed by atoms with E-state index in [0.29, 0.717) is 0 Å². The van der Waals surface area contributed by atoms with E-state index in [1.807, 2.05) is 24.3 Å². The zero-order valence-electron chi connectivity index (χ0n) is 10.5. The van der Waals surface area contributed by atoms with Crippen LogP contribution in [0, 0.1) is 10.1 Å². The summed E-state index contributed by atoms with van der Waals surface area (Å²) in [6, 6.07) is 7.35. The molecule has 0 unspecified atom stereocenters. The zero-order chi connectivity index (χ0) is 15.2. The standard InChI is InChI=1S/C11H9BrN6O3/c12-9-3-1-2-8(4-9)5-14-15-10(19)6-17-7-13-11(16-17)18(20)21/h1-5,7H,6H2,(H,15,19)/b14-5+. The fourth-order valence-corrected chi connectivity index (χ4v) is 1.81. The van der Waals surface area contributed by atoms with Gasteiger partial charge in [0, 0.05) is 9.57 Å². The molecule has 1 N–H and O–H groups in total. The fraction of sp³-hybridized carbons (Fsp3) is 0.0909. The Balaban J connectivity index is 1.88. The highest BCUT2D eigenvalue weighted by molar-refractivity contribution is 9.10. The molecule has 0 saturated heterocycles. The molecule has 21 heavy (non-hydrogen) atoms. The Morgan fingerprint density at radius 2 is 2.38 bits per heavy atom. The number of halogens is 1. The zero-order valence-corrected chi connectivity index (χ0v) is 12.1. The largest absolute Gasteiger partial charge is 0.490 e. The predicted molar refractivity (Wildman–Crippen MR) is 76.6 cm³/mol. The fourth-order valence-electron chi connectivity index (χ4n) is 1.39. The lowest BCUT2D eigenvalue weighted by Gasteiger charge is -1.97. The first-order chi connectivity index (χ1) is 10.0. The van der Waals surface area contributed by atoms with Crippen molar-refractivity contribution in [3.63, 3.8) is 0 Å². The monoisotopic (exact) mass is 352 g/mol. The van der Waals surface area contributed by atoms with Crippen LogP contribution in [-0.4, -0.2) is 31.8 Å². The molecule has 0 fully saturated rings. The summed E-state index contributed by atoms with van der Waals surface area (Å²) >= 11 is 3.32. The molecule has 1 heterocycles. The van der Waals surface area contributed by atoms with E-state index in [2.05, 4.69) is 36.5 Å². The lowest BCUT2D eigenvalue weighted by Crippen LogP contribution is -2.23. The summed E-state index contributed by atoms with van der Waals surface area (Å²) in [5.41, 5.74) is 3.10. The van der Waals surface area contributed by atoms with Crippen LogP contribution in [0.25, 0.3) is 0 Å². The van der Waals surface area contributed by atoms with Crippen LogP contribution in [-0.2, 0) is 11.3 Å². The minimum absolute atomic E-state index is 0.212. The Labute approximate surface area is 127 Å². The van der Waals surface area contributed by atoms with Gasteiger partial charge in [-0.15, -0.1) is 0 Å². The van der Waals surface area contributed by atoms with E-state index in [1.54, 1.807) is 0 Å². The van der Waals surface area contributed by atoms with Gasteiger partial charge in [-0.05, 0) is 22.6 Å². The van der Waals surface area contributed by atoms with Gasteiger partial charge in [-0.2, -0.15) is 9.78 Å². The van der Waals surface area contributed by atoms with Crippen LogP contribution in [0.15, 0.2) is 40.2 Å². The normalized spacial score (nSPS) is 10.7. The van der Waals surface area contributed by atoms with E-state index in [4.69, 9.17) is 0 Å². The summed E-state index contributed by atoms with van der Waals surface area (Å²) in [6.45, 7) is -0.212. The molecule has 9 nitrogen and oxygen atoms in total. The van der Waals surface area contributed by atoms with Crippen LogP contribution >= 0.6 is 15.9 Å². The summed E-state index contributed by atoms with van der Waals surface area (Å²) in [6.07, 6.45) is 2.59. The van der Waals surface area contributed by atoms with Crippen LogP contribution in [0.3, 0.4) is 0 Å². The van der Waals surface area contributed by atoms with Crippen molar-refractivity contribution in [1.82, 2.24) is 20.2 Å². The van der Waals surface area contributed by atoms with E-state index < -0.39 is 16.8 Å². The average molecular weight is 353 g/mol. The maximum atomic E-state index is 11.6. The molecule has 0 aliphatic rings. The predicted octanol–water partition coefficient (Wildman–Crippen LogP) is 1.10.